The third-order valence-corrected chi connectivity index (χ3v) is 4.50. The highest BCUT2D eigenvalue weighted by Gasteiger charge is 2.32. The normalized spacial score (nSPS) is 16.0. The second kappa shape index (κ2) is 9.93. The van der Waals surface area contributed by atoms with Gasteiger partial charge in [0.1, 0.15) is 5.60 Å². The molecule has 0 heterocycles. The van der Waals surface area contributed by atoms with Crippen molar-refractivity contribution in [2.24, 2.45) is 0 Å². The summed E-state index contributed by atoms with van der Waals surface area (Å²) in [6.45, 7) is 15.9. The molecular formula is C16H32INO4. The van der Waals surface area contributed by atoms with Crippen LogP contribution in [0, 0.1) is 0 Å². The standard InChI is InChI=1S/C16H32INO4/c1-8-18(14(19)22-15(4,5)6)12-16(7,11-17)21-13(3)10-20-9-2/h13H,8-12H2,1-7H3. The molecule has 0 aromatic carbocycles. The van der Waals surface area contributed by atoms with Gasteiger partial charge in [0, 0.05) is 17.6 Å². The van der Waals surface area contributed by atoms with Crippen LogP contribution in [-0.2, 0) is 14.2 Å². The van der Waals surface area contributed by atoms with Gasteiger partial charge in [-0.15, -0.1) is 0 Å². The van der Waals surface area contributed by atoms with E-state index in [1.54, 1.807) is 4.90 Å². The van der Waals surface area contributed by atoms with Crippen LogP contribution in [-0.4, -0.2) is 59.0 Å². The van der Waals surface area contributed by atoms with Crippen LogP contribution in [0.2, 0.25) is 0 Å². The molecule has 0 aromatic heterocycles. The number of hydrogen-bond donors (Lipinski definition) is 0. The van der Waals surface area contributed by atoms with E-state index in [9.17, 15) is 4.79 Å². The van der Waals surface area contributed by atoms with E-state index in [1.165, 1.54) is 0 Å². The lowest BCUT2D eigenvalue weighted by Gasteiger charge is -2.36. The van der Waals surface area contributed by atoms with Gasteiger partial charge in [-0.2, -0.15) is 0 Å². The number of amides is 1. The second-order valence-electron chi connectivity index (χ2n) is 6.67. The lowest BCUT2D eigenvalue weighted by atomic mass is 10.1. The molecule has 0 radical (unpaired) electrons. The maximum Gasteiger partial charge on any atom is 0.410 e. The first kappa shape index (κ1) is 21.9. The summed E-state index contributed by atoms with van der Waals surface area (Å²) in [6, 6.07) is 0. The Morgan fingerprint density at radius 1 is 1.23 bits per heavy atom. The van der Waals surface area contributed by atoms with Crippen LogP contribution in [0.5, 0.6) is 0 Å². The lowest BCUT2D eigenvalue weighted by molar-refractivity contribution is -0.0997. The first-order chi connectivity index (χ1) is 10.1. The van der Waals surface area contributed by atoms with Crippen molar-refractivity contribution in [2.75, 3.05) is 30.7 Å². The fourth-order valence-electron chi connectivity index (χ4n) is 1.95. The molecule has 0 saturated heterocycles. The number of halogens is 1. The Morgan fingerprint density at radius 3 is 2.23 bits per heavy atom. The van der Waals surface area contributed by atoms with E-state index < -0.39 is 11.2 Å². The molecule has 0 aromatic rings. The highest BCUT2D eigenvalue weighted by molar-refractivity contribution is 14.1. The number of rotatable bonds is 9. The topological polar surface area (TPSA) is 48.0 Å². The molecule has 0 N–H and O–H groups in total. The van der Waals surface area contributed by atoms with Crippen LogP contribution in [0.3, 0.4) is 0 Å². The van der Waals surface area contributed by atoms with Gasteiger partial charge in [-0.1, -0.05) is 22.6 Å². The van der Waals surface area contributed by atoms with Crippen molar-refractivity contribution in [3.05, 3.63) is 0 Å². The van der Waals surface area contributed by atoms with Crippen molar-refractivity contribution in [1.29, 1.82) is 0 Å². The highest BCUT2D eigenvalue weighted by atomic mass is 127. The van der Waals surface area contributed by atoms with Gasteiger partial charge in [0.25, 0.3) is 0 Å². The lowest BCUT2D eigenvalue weighted by Crippen LogP contribution is -2.49. The molecule has 0 aliphatic carbocycles. The zero-order valence-electron chi connectivity index (χ0n) is 15.1. The summed E-state index contributed by atoms with van der Waals surface area (Å²) < 4.78 is 17.8. The number of nitrogens with zero attached hydrogens (tertiary/aromatic N) is 1. The highest BCUT2D eigenvalue weighted by Crippen LogP contribution is 2.20. The summed E-state index contributed by atoms with van der Waals surface area (Å²) in [6.07, 6.45) is -0.316. The molecule has 1 amide bonds. The third kappa shape index (κ3) is 9.15. The number of carbonyl (C=O) groups excluding carboxylic acids is 1. The third-order valence-electron chi connectivity index (χ3n) is 2.88. The minimum Gasteiger partial charge on any atom is -0.444 e. The maximum absolute atomic E-state index is 12.3. The molecular weight excluding hydrogens is 397 g/mol. The molecule has 0 aliphatic rings. The van der Waals surface area contributed by atoms with Gasteiger partial charge in [0.15, 0.2) is 0 Å². The van der Waals surface area contributed by atoms with Crippen LogP contribution in [0.25, 0.3) is 0 Å². The molecule has 0 bridgehead atoms. The number of carbonyl (C=O) groups is 1. The Balaban J connectivity index is 4.74. The molecule has 6 heteroatoms. The van der Waals surface area contributed by atoms with Crippen LogP contribution < -0.4 is 0 Å². The SMILES string of the molecule is CCOCC(C)OC(C)(CI)CN(CC)C(=O)OC(C)(C)C. The molecule has 5 nitrogen and oxygen atoms in total. The number of ether oxygens (including phenoxy) is 3. The van der Waals surface area contributed by atoms with Crippen molar-refractivity contribution in [1.82, 2.24) is 4.90 Å². The van der Waals surface area contributed by atoms with Gasteiger partial charge in [0.05, 0.1) is 24.9 Å². The first-order valence-electron chi connectivity index (χ1n) is 7.86. The van der Waals surface area contributed by atoms with Crippen molar-refractivity contribution in [2.45, 2.75) is 65.8 Å². The summed E-state index contributed by atoms with van der Waals surface area (Å²) >= 11 is 2.29. The molecule has 132 valence electrons. The predicted octanol–water partition coefficient (Wildman–Crippen LogP) is 3.88. The fourth-order valence-corrected chi connectivity index (χ4v) is 2.37. The molecule has 0 rings (SSSR count). The summed E-state index contributed by atoms with van der Waals surface area (Å²) in [4.78, 5) is 14.0. The zero-order valence-corrected chi connectivity index (χ0v) is 17.2. The van der Waals surface area contributed by atoms with E-state index >= 15 is 0 Å². The second-order valence-corrected chi connectivity index (χ2v) is 7.43. The first-order valence-corrected chi connectivity index (χ1v) is 9.39. The monoisotopic (exact) mass is 429 g/mol. The molecule has 0 fully saturated rings. The predicted molar refractivity (Wildman–Crippen MR) is 97.8 cm³/mol. The van der Waals surface area contributed by atoms with E-state index in [0.29, 0.717) is 26.3 Å². The smallest absolute Gasteiger partial charge is 0.410 e. The maximum atomic E-state index is 12.3. The average molecular weight is 429 g/mol. The van der Waals surface area contributed by atoms with Crippen molar-refractivity contribution >= 4 is 28.7 Å². The van der Waals surface area contributed by atoms with Crippen molar-refractivity contribution < 1.29 is 19.0 Å². The van der Waals surface area contributed by atoms with Gasteiger partial charge in [-0.3, -0.25) is 0 Å². The summed E-state index contributed by atoms with van der Waals surface area (Å²) in [5.41, 5.74) is -0.918. The van der Waals surface area contributed by atoms with E-state index in [4.69, 9.17) is 14.2 Å². The van der Waals surface area contributed by atoms with Gasteiger partial charge >= 0.3 is 6.09 Å². The zero-order chi connectivity index (χ0) is 17.4. The molecule has 22 heavy (non-hydrogen) atoms. The Labute approximate surface area is 149 Å². The van der Waals surface area contributed by atoms with Crippen LogP contribution in [0.4, 0.5) is 4.79 Å². The van der Waals surface area contributed by atoms with E-state index in [2.05, 4.69) is 22.6 Å². The molecule has 0 saturated carbocycles. The summed E-state index contributed by atoms with van der Waals surface area (Å²) in [5, 5.41) is 0. The van der Waals surface area contributed by atoms with E-state index in [-0.39, 0.29) is 12.2 Å². The fraction of sp³-hybridized carbons (Fsp3) is 0.938. The minimum atomic E-state index is -0.492. The molecule has 2 unspecified atom stereocenters. The van der Waals surface area contributed by atoms with Crippen LogP contribution >= 0.6 is 22.6 Å². The van der Waals surface area contributed by atoms with Gasteiger partial charge in [0.2, 0.25) is 0 Å². The van der Waals surface area contributed by atoms with Crippen molar-refractivity contribution in [3.8, 4) is 0 Å². The molecule has 2 atom stereocenters. The van der Waals surface area contributed by atoms with Crippen molar-refractivity contribution in [3.63, 3.8) is 0 Å². The van der Waals surface area contributed by atoms with E-state index in [1.807, 2.05) is 48.5 Å². The Kier molecular flexibility index (Phi) is 9.89. The average Bonchev–Trinajstić information content (AvgIpc) is 2.40. The quantitative estimate of drug-likeness (QED) is 0.412. The number of likely N-dealkylation sites (N-methyl/N-ethyl adjacent to an activating group) is 1. The number of hydrogen-bond acceptors (Lipinski definition) is 4. The summed E-state index contributed by atoms with van der Waals surface area (Å²) in [5.74, 6) is 0. The van der Waals surface area contributed by atoms with Gasteiger partial charge in [-0.05, 0) is 48.5 Å². The molecule has 0 spiro atoms. The Morgan fingerprint density at radius 2 is 1.82 bits per heavy atom. The Hall–Kier alpha value is -0.0800. The van der Waals surface area contributed by atoms with Crippen LogP contribution in [0.1, 0.15) is 48.5 Å². The minimum absolute atomic E-state index is 0.0166. The van der Waals surface area contributed by atoms with Gasteiger partial charge in [-0.25, -0.2) is 4.79 Å². The van der Waals surface area contributed by atoms with Crippen LogP contribution in [0.15, 0.2) is 0 Å². The molecule has 0 aliphatic heterocycles. The van der Waals surface area contributed by atoms with Gasteiger partial charge < -0.3 is 19.1 Å². The largest absolute Gasteiger partial charge is 0.444 e. The summed E-state index contributed by atoms with van der Waals surface area (Å²) in [7, 11) is 0. The number of alkyl halides is 1. The van der Waals surface area contributed by atoms with E-state index in [0.717, 1.165) is 4.43 Å². The Bertz CT molecular complexity index is 333.